The molecule has 0 atom stereocenters. The molecule has 0 unspecified atom stereocenters. The minimum Gasteiger partial charge on any atom is -0.465 e. The van der Waals surface area contributed by atoms with Crippen LogP contribution in [0.3, 0.4) is 0 Å². The Morgan fingerprint density at radius 1 is 1.33 bits per heavy atom. The number of nitrogens with zero attached hydrogens (tertiary/aromatic N) is 2. The van der Waals surface area contributed by atoms with Gasteiger partial charge >= 0.3 is 12.0 Å². The highest BCUT2D eigenvalue weighted by molar-refractivity contribution is 5.80. The molecular weight excluding hydrogens is 314 g/mol. The summed E-state index contributed by atoms with van der Waals surface area (Å²) in [6.07, 6.45) is 2.17. The molecule has 24 heavy (non-hydrogen) atoms. The molecule has 130 valence electrons. The van der Waals surface area contributed by atoms with Gasteiger partial charge in [-0.3, -0.25) is 14.9 Å². The number of carbonyl (C=O) groups excluding carboxylic acids is 2. The number of hydrogen-bond acceptors (Lipinski definition) is 5. The highest BCUT2D eigenvalue weighted by Gasteiger charge is 2.27. The maximum atomic E-state index is 12.3. The molecule has 8 nitrogen and oxygen atoms in total. The SMILES string of the molecule is CCOC(=O)CNC(=O)N(Cc1ccc([N+](=O)[O-])cc1)CC1CC1. The third kappa shape index (κ3) is 5.53. The predicted octanol–water partition coefficient (Wildman–Crippen LogP) is 2.08. The fraction of sp³-hybridized carbons (Fsp3) is 0.500. The summed E-state index contributed by atoms with van der Waals surface area (Å²) in [5, 5.41) is 13.2. The Balaban J connectivity index is 1.95. The van der Waals surface area contributed by atoms with Crippen LogP contribution in [-0.2, 0) is 16.1 Å². The van der Waals surface area contributed by atoms with E-state index in [4.69, 9.17) is 4.74 Å². The van der Waals surface area contributed by atoms with Gasteiger partial charge in [-0.2, -0.15) is 0 Å². The maximum absolute atomic E-state index is 12.3. The van der Waals surface area contributed by atoms with E-state index in [1.165, 1.54) is 12.1 Å². The molecule has 1 aliphatic carbocycles. The van der Waals surface area contributed by atoms with E-state index in [1.54, 1.807) is 24.0 Å². The van der Waals surface area contributed by atoms with Crippen LogP contribution in [0.2, 0.25) is 0 Å². The normalized spacial score (nSPS) is 13.2. The smallest absolute Gasteiger partial charge is 0.325 e. The zero-order valence-electron chi connectivity index (χ0n) is 13.6. The lowest BCUT2D eigenvalue weighted by Gasteiger charge is -2.23. The van der Waals surface area contributed by atoms with E-state index in [2.05, 4.69) is 5.32 Å². The van der Waals surface area contributed by atoms with Gasteiger partial charge in [0.1, 0.15) is 6.54 Å². The van der Waals surface area contributed by atoms with Crippen molar-refractivity contribution >= 4 is 17.7 Å². The summed E-state index contributed by atoms with van der Waals surface area (Å²) in [4.78, 5) is 35.5. The molecule has 0 bridgehead atoms. The Bertz CT molecular complexity index is 598. The van der Waals surface area contributed by atoms with Crippen molar-refractivity contribution in [2.45, 2.75) is 26.3 Å². The number of ether oxygens (including phenoxy) is 1. The van der Waals surface area contributed by atoms with Gasteiger partial charge in [0.05, 0.1) is 11.5 Å². The number of benzene rings is 1. The van der Waals surface area contributed by atoms with E-state index in [1.807, 2.05) is 0 Å². The summed E-state index contributed by atoms with van der Waals surface area (Å²) in [5.41, 5.74) is 0.812. The van der Waals surface area contributed by atoms with Crippen molar-refractivity contribution in [3.05, 3.63) is 39.9 Å². The summed E-state index contributed by atoms with van der Waals surface area (Å²) in [6.45, 7) is 2.74. The van der Waals surface area contributed by atoms with Crippen LogP contribution in [0.4, 0.5) is 10.5 Å². The lowest BCUT2D eigenvalue weighted by Crippen LogP contribution is -2.42. The van der Waals surface area contributed by atoms with E-state index in [-0.39, 0.29) is 24.9 Å². The second kappa shape index (κ2) is 8.28. The number of urea groups is 1. The van der Waals surface area contributed by atoms with Crippen LogP contribution in [0.15, 0.2) is 24.3 Å². The van der Waals surface area contributed by atoms with Gasteiger partial charge < -0.3 is 15.0 Å². The number of rotatable bonds is 8. The number of esters is 1. The van der Waals surface area contributed by atoms with Gasteiger partial charge in [-0.05, 0) is 31.2 Å². The molecule has 0 heterocycles. The monoisotopic (exact) mass is 335 g/mol. The molecule has 1 saturated carbocycles. The van der Waals surface area contributed by atoms with Gasteiger partial charge in [-0.25, -0.2) is 4.79 Å². The van der Waals surface area contributed by atoms with Crippen molar-refractivity contribution in [3.8, 4) is 0 Å². The fourth-order valence-electron chi connectivity index (χ4n) is 2.25. The first kappa shape index (κ1) is 17.7. The zero-order valence-corrected chi connectivity index (χ0v) is 13.6. The van der Waals surface area contributed by atoms with Crippen molar-refractivity contribution in [1.29, 1.82) is 0 Å². The molecule has 2 rings (SSSR count). The number of nitrogens with one attached hydrogen (secondary N) is 1. The number of carbonyl (C=O) groups is 2. The molecule has 1 aromatic carbocycles. The van der Waals surface area contributed by atoms with Crippen LogP contribution >= 0.6 is 0 Å². The molecule has 2 amide bonds. The van der Waals surface area contributed by atoms with Gasteiger partial charge in [0.15, 0.2) is 0 Å². The second-order valence-electron chi connectivity index (χ2n) is 5.71. The minimum absolute atomic E-state index is 0.0132. The number of nitro benzene ring substituents is 1. The number of nitro groups is 1. The minimum atomic E-state index is -0.479. The van der Waals surface area contributed by atoms with E-state index in [9.17, 15) is 19.7 Å². The molecule has 0 aromatic heterocycles. The lowest BCUT2D eigenvalue weighted by atomic mass is 10.2. The third-order valence-electron chi connectivity index (χ3n) is 3.67. The molecule has 8 heteroatoms. The Morgan fingerprint density at radius 2 is 2.00 bits per heavy atom. The first-order chi connectivity index (χ1) is 11.5. The van der Waals surface area contributed by atoms with Crippen LogP contribution in [-0.4, -0.2) is 41.5 Å². The Hall–Kier alpha value is -2.64. The lowest BCUT2D eigenvalue weighted by molar-refractivity contribution is -0.384. The molecule has 1 aliphatic rings. The molecule has 1 N–H and O–H groups in total. The molecule has 1 aromatic rings. The first-order valence-electron chi connectivity index (χ1n) is 7.91. The topological polar surface area (TPSA) is 102 Å². The summed E-state index contributed by atoms with van der Waals surface area (Å²) < 4.78 is 4.78. The van der Waals surface area contributed by atoms with Crippen molar-refractivity contribution in [1.82, 2.24) is 10.2 Å². The average Bonchev–Trinajstić information content (AvgIpc) is 3.37. The van der Waals surface area contributed by atoms with Crippen LogP contribution in [0.5, 0.6) is 0 Å². The molecule has 1 fully saturated rings. The standard InChI is InChI=1S/C16H21N3O5/c1-2-24-15(20)9-17-16(21)18(10-12-3-4-12)11-13-5-7-14(8-6-13)19(22)23/h5-8,12H,2-4,9-11H2,1H3,(H,17,21). The second-order valence-corrected chi connectivity index (χ2v) is 5.71. The molecular formula is C16H21N3O5. The summed E-state index contributed by atoms with van der Waals surface area (Å²) in [5.74, 6) is 0.00366. The Kier molecular flexibility index (Phi) is 6.11. The van der Waals surface area contributed by atoms with Crippen molar-refractivity contribution < 1.29 is 19.2 Å². The summed E-state index contributed by atoms with van der Waals surface area (Å²) >= 11 is 0. The van der Waals surface area contributed by atoms with Crippen molar-refractivity contribution in [2.24, 2.45) is 5.92 Å². The highest BCUT2D eigenvalue weighted by Crippen LogP contribution is 2.30. The van der Waals surface area contributed by atoms with Gasteiger partial charge in [-0.1, -0.05) is 12.1 Å². The van der Waals surface area contributed by atoms with E-state index < -0.39 is 10.9 Å². The van der Waals surface area contributed by atoms with E-state index in [0.29, 0.717) is 19.0 Å². The maximum Gasteiger partial charge on any atom is 0.325 e. The average molecular weight is 335 g/mol. The molecule has 0 saturated heterocycles. The van der Waals surface area contributed by atoms with Crippen LogP contribution in [0.1, 0.15) is 25.3 Å². The number of amides is 2. The van der Waals surface area contributed by atoms with Gasteiger partial charge in [0.25, 0.3) is 5.69 Å². The zero-order chi connectivity index (χ0) is 17.5. The quantitative estimate of drug-likeness (QED) is 0.445. The highest BCUT2D eigenvalue weighted by atomic mass is 16.6. The van der Waals surface area contributed by atoms with E-state index in [0.717, 1.165) is 18.4 Å². The largest absolute Gasteiger partial charge is 0.465 e. The predicted molar refractivity (Wildman–Crippen MR) is 86.3 cm³/mol. The third-order valence-corrected chi connectivity index (χ3v) is 3.67. The van der Waals surface area contributed by atoms with Gasteiger partial charge in [0.2, 0.25) is 0 Å². The van der Waals surface area contributed by atoms with Crippen molar-refractivity contribution in [2.75, 3.05) is 19.7 Å². The van der Waals surface area contributed by atoms with Crippen molar-refractivity contribution in [3.63, 3.8) is 0 Å². The van der Waals surface area contributed by atoms with Crippen LogP contribution in [0.25, 0.3) is 0 Å². The van der Waals surface area contributed by atoms with Gasteiger partial charge in [-0.15, -0.1) is 0 Å². The van der Waals surface area contributed by atoms with Crippen LogP contribution in [0, 0.1) is 16.0 Å². The summed E-state index contributed by atoms with van der Waals surface area (Å²) in [6, 6.07) is 5.77. The Morgan fingerprint density at radius 3 is 2.54 bits per heavy atom. The number of hydrogen-bond donors (Lipinski definition) is 1. The Labute approximate surface area is 139 Å². The van der Waals surface area contributed by atoms with Crippen LogP contribution < -0.4 is 5.32 Å². The summed E-state index contributed by atoms with van der Waals surface area (Å²) in [7, 11) is 0. The fourth-order valence-corrected chi connectivity index (χ4v) is 2.25. The first-order valence-corrected chi connectivity index (χ1v) is 7.91. The molecule has 0 spiro atoms. The van der Waals surface area contributed by atoms with E-state index >= 15 is 0 Å². The van der Waals surface area contributed by atoms with Gasteiger partial charge in [0, 0.05) is 25.2 Å². The number of non-ortho nitro benzene ring substituents is 1. The molecule has 0 aliphatic heterocycles. The molecule has 0 radical (unpaired) electrons.